The molecule has 0 bridgehead atoms. The van der Waals surface area contributed by atoms with Crippen molar-refractivity contribution in [2.75, 3.05) is 0 Å². The number of aromatic nitrogens is 1. The highest BCUT2D eigenvalue weighted by molar-refractivity contribution is 6.02. The zero-order valence-electron chi connectivity index (χ0n) is 14.6. The van der Waals surface area contributed by atoms with Gasteiger partial charge in [0.2, 0.25) is 11.8 Å². The molecule has 0 radical (unpaired) electrons. The molecule has 136 valence electrons. The molecule has 1 aliphatic heterocycles. The Hall–Kier alpha value is -3.15. The molecule has 0 atom stereocenters. The maximum absolute atomic E-state index is 15.1. The number of benzene rings is 2. The van der Waals surface area contributed by atoms with Gasteiger partial charge in [0.05, 0.1) is 6.54 Å². The van der Waals surface area contributed by atoms with Crippen LogP contribution in [0.3, 0.4) is 0 Å². The van der Waals surface area contributed by atoms with Gasteiger partial charge in [-0.15, -0.1) is 0 Å². The molecule has 0 saturated carbocycles. The summed E-state index contributed by atoms with van der Waals surface area (Å²) in [5.41, 5.74) is 2.53. The van der Waals surface area contributed by atoms with Crippen molar-refractivity contribution >= 4 is 22.7 Å². The molecule has 0 aliphatic carbocycles. The van der Waals surface area contributed by atoms with Crippen LogP contribution in [0.4, 0.5) is 8.78 Å². The maximum atomic E-state index is 15.1. The Morgan fingerprint density at radius 1 is 1.00 bits per heavy atom. The number of rotatable bonds is 3. The zero-order chi connectivity index (χ0) is 19.1. The monoisotopic (exact) mass is 366 g/mol. The minimum atomic E-state index is -0.549. The number of halogens is 2. The Bertz CT molecular complexity index is 1060. The van der Waals surface area contributed by atoms with Crippen molar-refractivity contribution in [3.8, 4) is 11.1 Å². The van der Waals surface area contributed by atoms with Crippen molar-refractivity contribution in [3.05, 3.63) is 65.4 Å². The summed E-state index contributed by atoms with van der Waals surface area (Å²) in [6.07, 6.45) is 0.334. The van der Waals surface area contributed by atoms with E-state index in [4.69, 9.17) is 0 Å². The fourth-order valence-electron chi connectivity index (χ4n) is 3.39. The second-order valence-corrected chi connectivity index (χ2v) is 6.63. The third-order valence-electron chi connectivity index (χ3n) is 4.77. The lowest BCUT2D eigenvalue weighted by atomic mass is 9.98. The minimum absolute atomic E-state index is 0.0963. The van der Waals surface area contributed by atoms with Crippen LogP contribution in [0.5, 0.6) is 0 Å². The highest BCUT2D eigenvalue weighted by Gasteiger charge is 2.29. The van der Waals surface area contributed by atoms with E-state index in [0.717, 1.165) is 16.0 Å². The summed E-state index contributed by atoms with van der Waals surface area (Å²) in [7, 11) is 0. The molecule has 0 N–H and O–H groups in total. The lowest BCUT2D eigenvalue weighted by Crippen LogP contribution is -2.28. The Morgan fingerprint density at radius 3 is 2.33 bits per heavy atom. The van der Waals surface area contributed by atoms with Crippen LogP contribution in [0.25, 0.3) is 22.0 Å². The lowest BCUT2D eigenvalue weighted by Gasteiger charge is -2.16. The van der Waals surface area contributed by atoms with Gasteiger partial charge in [0, 0.05) is 29.5 Å². The predicted molar refractivity (Wildman–Crippen MR) is 96.6 cm³/mol. The highest BCUT2D eigenvalue weighted by atomic mass is 19.1. The molecule has 1 saturated heterocycles. The van der Waals surface area contributed by atoms with E-state index in [2.05, 4.69) is 4.98 Å². The van der Waals surface area contributed by atoms with Crippen molar-refractivity contribution in [1.29, 1.82) is 0 Å². The molecule has 0 spiro atoms. The van der Waals surface area contributed by atoms with Gasteiger partial charge in [0.1, 0.15) is 11.3 Å². The van der Waals surface area contributed by atoms with Gasteiger partial charge >= 0.3 is 0 Å². The topological polar surface area (TPSA) is 50.3 Å². The summed E-state index contributed by atoms with van der Waals surface area (Å²) >= 11 is 0. The number of hydrogen-bond acceptors (Lipinski definition) is 3. The van der Waals surface area contributed by atoms with Gasteiger partial charge in [-0.1, -0.05) is 24.3 Å². The first kappa shape index (κ1) is 17.3. The molecule has 2 amide bonds. The van der Waals surface area contributed by atoms with Crippen molar-refractivity contribution in [2.24, 2.45) is 0 Å². The Labute approximate surface area is 154 Å². The van der Waals surface area contributed by atoms with Gasteiger partial charge in [-0.2, -0.15) is 0 Å². The van der Waals surface area contributed by atoms with Crippen LogP contribution in [-0.2, 0) is 16.1 Å². The standard InChI is InChI=1S/C21H16F2N2O2/c1-12-10-17(13-2-5-15(22)6-3-13)16-7-4-14(20(23)21(16)24-12)11-25-18(26)8-9-19(25)27/h2-7,10H,8-9,11H2,1H3. The van der Waals surface area contributed by atoms with Crippen LogP contribution in [-0.4, -0.2) is 21.7 Å². The second-order valence-electron chi connectivity index (χ2n) is 6.63. The minimum Gasteiger partial charge on any atom is -0.278 e. The van der Waals surface area contributed by atoms with Gasteiger partial charge in [-0.3, -0.25) is 14.5 Å². The van der Waals surface area contributed by atoms with Crippen molar-refractivity contribution in [1.82, 2.24) is 9.88 Å². The van der Waals surface area contributed by atoms with E-state index in [1.165, 1.54) is 12.1 Å². The molecular formula is C21H16F2N2O2. The predicted octanol–water partition coefficient (Wildman–Crippen LogP) is 4.14. The van der Waals surface area contributed by atoms with E-state index in [0.29, 0.717) is 11.1 Å². The first-order valence-electron chi connectivity index (χ1n) is 8.62. The van der Waals surface area contributed by atoms with Gasteiger partial charge < -0.3 is 0 Å². The average molecular weight is 366 g/mol. The molecule has 27 heavy (non-hydrogen) atoms. The van der Waals surface area contributed by atoms with Gasteiger partial charge in [-0.25, -0.2) is 13.8 Å². The number of aryl methyl sites for hydroxylation is 1. The van der Waals surface area contributed by atoms with Crippen LogP contribution < -0.4 is 0 Å². The Balaban J connectivity index is 1.82. The normalized spacial score (nSPS) is 14.4. The van der Waals surface area contributed by atoms with E-state index in [1.807, 2.05) is 6.07 Å². The fourth-order valence-corrected chi connectivity index (χ4v) is 3.39. The van der Waals surface area contributed by atoms with E-state index in [1.54, 1.807) is 31.2 Å². The molecule has 0 unspecified atom stereocenters. The number of amides is 2. The summed E-state index contributed by atoms with van der Waals surface area (Å²) in [6, 6.07) is 11.1. The van der Waals surface area contributed by atoms with E-state index in [9.17, 15) is 14.0 Å². The molecule has 2 heterocycles. The maximum Gasteiger partial charge on any atom is 0.229 e. The van der Waals surface area contributed by atoms with Crippen molar-refractivity contribution in [3.63, 3.8) is 0 Å². The molecule has 1 aromatic heterocycles. The lowest BCUT2D eigenvalue weighted by molar-refractivity contribution is -0.139. The largest absolute Gasteiger partial charge is 0.278 e. The van der Waals surface area contributed by atoms with Crippen molar-refractivity contribution < 1.29 is 18.4 Å². The number of fused-ring (bicyclic) bond motifs is 1. The quantitative estimate of drug-likeness (QED) is 0.655. The zero-order valence-corrected chi connectivity index (χ0v) is 14.6. The van der Waals surface area contributed by atoms with Crippen LogP contribution in [0.1, 0.15) is 24.1 Å². The number of carbonyl (C=O) groups is 2. The number of nitrogens with zero attached hydrogens (tertiary/aromatic N) is 2. The summed E-state index contributed by atoms with van der Waals surface area (Å²) < 4.78 is 28.4. The first-order valence-corrected chi connectivity index (χ1v) is 8.62. The molecule has 4 nitrogen and oxygen atoms in total. The van der Waals surface area contributed by atoms with Gasteiger partial charge in [-0.05, 0) is 36.2 Å². The molecule has 6 heteroatoms. The summed E-state index contributed by atoms with van der Waals surface area (Å²) in [6.45, 7) is 1.66. The smallest absolute Gasteiger partial charge is 0.229 e. The third kappa shape index (κ3) is 3.07. The summed E-state index contributed by atoms with van der Waals surface area (Å²) in [5.74, 6) is -1.47. The van der Waals surface area contributed by atoms with Gasteiger partial charge in [0.15, 0.2) is 5.82 Å². The molecular weight excluding hydrogens is 350 g/mol. The van der Waals surface area contributed by atoms with Gasteiger partial charge in [0.25, 0.3) is 0 Å². The van der Waals surface area contributed by atoms with Crippen LogP contribution in [0.2, 0.25) is 0 Å². The molecule has 2 aromatic carbocycles. The third-order valence-corrected chi connectivity index (χ3v) is 4.77. The van der Waals surface area contributed by atoms with Crippen molar-refractivity contribution in [2.45, 2.75) is 26.3 Å². The number of carbonyl (C=O) groups excluding carboxylic acids is 2. The molecule has 3 aromatic rings. The molecule has 1 fully saturated rings. The SMILES string of the molecule is Cc1cc(-c2ccc(F)cc2)c2ccc(CN3C(=O)CCC3=O)c(F)c2n1. The summed E-state index contributed by atoms with van der Waals surface area (Å²) in [5, 5.41) is 0.590. The summed E-state index contributed by atoms with van der Waals surface area (Å²) in [4.78, 5) is 29.0. The van der Waals surface area contributed by atoms with E-state index < -0.39 is 5.82 Å². The fraction of sp³-hybridized carbons (Fsp3) is 0.190. The Kier molecular flexibility index (Phi) is 4.18. The van der Waals surface area contributed by atoms with E-state index in [-0.39, 0.29) is 48.1 Å². The average Bonchev–Trinajstić information content (AvgIpc) is 2.96. The van der Waals surface area contributed by atoms with Crippen LogP contribution >= 0.6 is 0 Å². The molecule has 1 aliphatic rings. The van der Waals surface area contributed by atoms with Crippen LogP contribution in [0, 0.1) is 18.6 Å². The second kappa shape index (κ2) is 6.54. The first-order chi connectivity index (χ1) is 12.9. The highest BCUT2D eigenvalue weighted by Crippen LogP contribution is 2.32. The van der Waals surface area contributed by atoms with Crippen LogP contribution in [0.15, 0.2) is 42.5 Å². The molecule has 4 rings (SSSR count). The Morgan fingerprint density at radius 2 is 1.67 bits per heavy atom. The number of hydrogen-bond donors (Lipinski definition) is 0. The number of imide groups is 1. The van der Waals surface area contributed by atoms with E-state index >= 15 is 4.39 Å². The number of likely N-dealkylation sites (tertiary alicyclic amines) is 1. The number of pyridine rings is 1.